The van der Waals surface area contributed by atoms with Crippen LogP contribution in [0.1, 0.15) is 32.1 Å². The van der Waals surface area contributed by atoms with Crippen molar-refractivity contribution in [3.63, 3.8) is 0 Å². The first kappa shape index (κ1) is 13.7. The monoisotopic (exact) mass is 271 g/mol. The zero-order valence-electron chi connectivity index (χ0n) is 11.0. The smallest absolute Gasteiger partial charge is 0.356 e. The minimum Gasteiger partial charge on any atom is -0.476 e. The summed E-state index contributed by atoms with van der Waals surface area (Å²) in [5.74, 6) is -1.88. The van der Waals surface area contributed by atoms with E-state index in [4.69, 9.17) is 5.11 Å². The van der Waals surface area contributed by atoms with Crippen molar-refractivity contribution in [2.24, 2.45) is 0 Å². The predicted octanol–water partition coefficient (Wildman–Crippen LogP) is 2.04. The number of aryl methyl sites for hydroxylation is 2. The number of benzene rings is 1. The Morgan fingerprint density at radius 1 is 1.05 bits per heavy atom. The molecule has 1 aromatic heterocycles. The molecule has 0 fully saturated rings. The van der Waals surface area contributed by atoms with Crippen molar-refractivity contribution in [1.82, 2.24) is 9.97 Å². The van der Waals surface area contributed by atoms with Crippen LogP contribution in [0.5, 0.6) is 0 Å². The number of rotatable bonds is 3. The fraction of sp³-hybridized carbons (Fsp3) is 0.143. The molecule has 0 aliphatic heterocycles. The molecule has 20 heavy (non-hydrogen) atoms. The third-order valence-corrected chi connectivity index (χ3v) is 2.84. The summed E-state index contributed by atoms with van der Waals surface area (Å²) in [5.41, 5.74) is 1.86. The van der Waals surface area contributed by atoms with Crippen molar-refractivity contribution in [2.45, 2.75) is 13.8 Å². The second-order valence-corrected chi connectivity index (χ2v) is 4.28. The van der Waals surface area contributed by atoms with E-state index in [-0.39, 0.29) is 11.4 Å². The van der Waals surface area contributed by atoms with Crippen molar-refractivity contribution in [2.75, 3.05) is 5.32 Å². The summed E-state index contributed by atoms with van der Waals surface area (Å²) in [5, 5.41) is 11.7. The Bertz CT molecular complexity index is 663. The molecule has 6 nitrogen and oxygen atoms in total. The van der Waals surface area contributed by atoms with E-state index < -0.39 is 11.9 Å². The maximum absolute atomic E-state index is 12.2. The van der Waals surface area contributed by atoms with E-state index in [0.29, 0.717) is 5.69 Å². The molecule has 1 amide bonds. The lowest BCUT2D eigenvalue weighted by molar-refractivity contribution is 0.0685. The normalized spacial score (nSPS) is 10.1. The standard InChI is InChI=1S/C14H13N3O3/c1-8-4-3-5-9(2)10(8)17-13(18)11-12(14(19)20)16-7-6-15-11/h3-7H,1-2H3,(H,17,18)(H,19,20). The van der Waals surface area contributed by atoms with Crippen molar-refractivity contribution in [3.05, 3.63) is 53.1 Å². The number of carbonyl (C=O) groups is 2. The Hall–Kier alpha value is -2.76. The van der Waals surface area contributed by atoms with Crippen LogP contribution in [0.4, 0.5) is 5.69 Å². The molecule has 0 bridgehead atoms. The molecular weight excluding hydrogens is 258 g/mol. The van der Waals surface area contributed by atoms with Crippen molar-refractivity contribution in [1.29, 1.82) is 0 Å². The average molecular weight is 271 g/mol. The summed E-state index contributed by atoms with van der Waals surface area (Å²) in [7, 11) is 0. The fourth-order valence-electron chi connectivity index (χ4n) is 1.85. The summed E-state index contributed by atoms with van der Waals surface area (Å²) >= 11 is 0. The lowest BCUT2D eigenvalue weighted by Gasteiger charge is -2.11. The minimum atomic E-state index is -1.29. The highest BCUT2D eigenvalue weighted by Gasteiger charge is 2.20. The summed E-state index contributed by atoms with van der Waals surface area (Å²) < 4.78 is 0. The van der Waals surface area contributed by atoms with E-state index in [2.05, 4.69) is 15.3 Å². The number of carbonyl (C=O) groups excluding carboxylic acids is 1. The molecule has 0 saturated carbocycles. The number of hydrogen-bond donors (Lipinski definition) is 2. The zero-order chi connectivity index (χ0) is 14.7. The highest BCUT2D eigenvalue weighted by atomic mass is 16.4. The van der Waals surface area contributed by atoms with E-state index >= 15 is 0 Å². The van der Waals surface area contributed by atoms with Gasteiger partial charge in [0, 0.05) is 18.1 Å². The van der Waals surface area contributed by atoms with E-state index in [1.165, 1.54) is 12.4 Å². The van der Waals surface area contributed by atoms with Gasteiger partial charge < -0.3 is 10.4 Å². The van der Waals surface area contributed by atoms with Crippen LogP contribution in [0.25, 0.3) is 0 Å². The van der Waals surface area contributed by atoms with Crippen LogP contribution in [0.3, 0.4) is 0 Å². The molecule has 2 aromatic rings. The first-order valence-corrected chi connectivity index (χ1v) is 5.92. The van der Waals surface area contributed by atoms with Crippen LogP contribution in [-0.2, 0) is 0 Å². The van der Waals surface area contributed by atoms with Gasteiger partial charge >= 0.3 is 5.97 Å². The van der Waals surface area contributed by atoms with Crippen LogP contribution in [-0.4, -0.2) is 27.0 Å². The number of aromatic nitrogens is 2. The Kier molecular flexibility index (Phi) is 3.74. The summed E-state index contributed by atoms with van der Waals surface area (Å²) in [6, 6.07) is 5.60. The molecule has 6 heteroatoms. The maximum atomic E-state index is 12.2. The van der Waals surface area contributed by atoms with Crippen molar-refractivity contribution >= 4 is 17.6 Å². The highest BCUT2D eigenvalue weighted by Crippen LogP contribution is 2.20. The van der Waals surface area contributed by atoms with Gasteiger partial charge in [0.05, 0.1) is 0 Å². The Labute approximate surface area is 115 Å². The summed E-state index contributed by atoms with van der Waals surface area (Å²) in [6.07, 6.45) is 2.52. The molecule has 102 valence electrons. The zero-order valence-corrected chi connectivity index (χ0v) is 11.0. The van der Waals surface area contributed by atoms with E-state index in [1.54, 1.807) is 0 Å². The van der Waals surface area contributed by atoms with Crippen LogP contribution in [0, 0.1) is 13.8 Å². The van der Waals surface area contributed by atoms with Crippen molar-refractivity contribution in [3.8, 4) is 0 Å². The van der Waals surface area contributed by atoms with E-state index in [9.17, 15) is 9.59 Å². The fourth-order valence-corrected chi connectivity index (χ4v) is 1.85. The topological polar surface area (TPSA) is 92.2 Å². The molecule has 0 spiro atoms. The molecular formula is C14H13N3O3. The third kappa shape index (κ3) is 2.64. The third-order valence-electron chi connectivity index (χ3n) is 2.84. The van der Waals surface area contributed by atoms with Gasteiger partial charge in [-0.2, -0.15) is 0 Å². The van der Waals surface area contributed by atoms with Gasteiger partial charge in [-0.3, -0.25) is 4.79 Å². The minimum absolute atomic E-state index is 0.206. The lowest BCUT2D eigenvalue weighted by Crippen LogP contribution is -2.20. The number of aromatic carboxylic acids is 1. The van der Waals surface area contributed by atoms with Crippen LogP contribution in [0.15, 0.2) is 30.6 Å². The Morgan fingerprint density at radius 3 is 2.15 bits per heavy atom. The van der Waals surface area contributed by atoms with Gasteiger partial charge in [0.15, 0.2) is 11.4 Å². The largest absolute Gasteiger partial charge is 0.476 e. The highest BCUT2D eigenvalue weighted by molar-refractivity contribution is 6.09. The number of hydrogen-bond acceptors (Lipinski definition) is 4. The number of carboxylic acids is 1. The van der Waals surface area contributed by atoms with Gasteiger partial charge in [-0.05, 0) is 25.0 Å². The number of carboxylic acid groups (broad SMARTS) is 1. The van der Waals surface area contributed by atoms with Gasteiger partial charge in [-0.1, -0.05) is 18.2 Å². The van der Waals surface area contributed by atoms with Gasteiger partial charge in [0.1, 0.15) is 0 Å². The summed E-state index contributed by atoms with van der Waals surface area (Å²) in [4.78, 5) is 30.7. The molecule has 0 aliphatic rings. The van der Waals surface area contributed by atoms with Gasteiger partial charge in [0.2, 0.25) is 0 Å². The average Bonchev–Trinajstić information content (AvgIpc) is 2.43. The van der Waals surface area contributed by atoms with Crippen molar-refractivity contribution < 1.29 is 14.7 Å². The molecule has 2 N–H and O–H groups in total. The SMILES string of the molecule is Cc1cccc(C)c1NC(=O)c1nccnc1C(=O)O. The van der Waals surface area contributed by atoms with E-state index in [1.807, 2.05) is 32.0 Å². The van der Waals surface area contributed by atoms with Crippen LogP contribution in [0.2, 0.25) is 0 Å². The van der Waals surface area contributed by atoms with Gasteiger partial charge in [-0.15, -0.1) is 0 Å². The molecule has 0 atom stereocenters. The first-order chi connectivity index (χ1) is 9.50. The number of amides is 1. The van der Waals surface area contributed by atoms with E-state index in [0.717, 1.165) is 11.1 Å². The van der Waals surface area contributed by atoms with Crippen LogP contribution < -0.4 is 5.32 Å². The number of anilines is 1. The molecule has 0 radical (unpaired) electrons. The predicted molar refractivity (Wildman–Crippen MR) is 72.9 cm³/mol. The van der Waals surface area contributed by atoms with Gasteiger partial charge in [-0.25, -0.2) is 14.8 Å². The molecule has 0 unspecified atom stereocenters. The Morgan fingerprint density at radius 2 is 1.60 bits per heavy atom. The lowest BCUT2D eigenvalue weighted by atomic mass is 10.1. The van der Waals surface area contributed by atoms with Crippen LogP contribution >= 0.6 is 0 Å². The van der Waals surface area contributed by atoms with Gasteiger partial charge in [0.25, 0.3) is 5.91 Å². The Balaban J connectivity index is 2.36. The second-order valence-electron chi connectivity index (χ2n) is 4.28. The quantitative estimate of drug-likeness (QED) is 0.891. The number of nitrogens with one attached hydrogen (secondary N) is 1. The number of nitrogens with zero attached hydrogens (tertiary/aromatic N) is 2. The summed E-state index contributed by atoms with van der Waals surface area (Å²) in [6.45, 7) is 3.72. The number of para-hydroxylation sites is 1. The molecule has 0 saturated heterocycles. The maximum Gasteiger partial charge on any atom is 0.356 e. The molecule has 1 heterocycles. The molecule has 0 aliphatic carbocycles. The molecule has 1 aromatic carbocycles. The second kappa shape index (κ2) is 5.48. The first-order valence-electron chi connectivity index (χ1n) is 5.92. The molecule has 2 rings (SSSR count).